The van der Waals surface area contributed by atoms with E-state index in [4.69, 9.17) is 0 Å². The summed E-state index contributed by atoms with van der Waals surface area (Å²) in [5.41, 5.74) is 0.659. The Morgan fingerprint density at radius 1 is 1.30 bits per heavy atom. The van der Waals surface area contributed by atoms with Crippen LogP contribution < -0.4 is 5.32 Å². The number of rotatable bonds is 7. The summed E-state index contributed by atoms with van der Waals surface area (Å²) in [7, 11) is -3.66. The quantitative estimate of drug-likeness (QED) is 0.788. The van der Waals surface area contributed by atoms with Gasteiger partial charge < -0.3 is 5.32 Å². The van der Waals surface area contributed by atoms with Crippen molar-refractivity contribution < 1.29 is 13.2 Å². The predicted molar refractivity (Wildman–Crippen MR) is 84.5 cm³/mol. The van der Waals surface area contributed by atoms with E-state index in [1.165, 1.54) is 4.68 Å². The van der Waals surface area contributed by atoms with Gasteiger partial charge in [-0.25, -0.2) is 8.42 Å². The zero-order chi connectivity index (χ0) is 16.9. The smallest absolute Gasteiger partial charge is 0.235 e. The lowest BCUT2D eigenvalue weighted by Crippen LogP contribution is -2.36. The first-order chi connectivity index (χ1) is 10.9. The van der Waals surface area contributed by atoms with Crippen molar-refractivity contribution in [2.24, 2.45) is 0 Å². The summed E-state index contributed by atoms with van der Waals surface area (Å²) < 4.78 is 25.7. The standard InChI is InChI=1S/C14H19N5O3S/c1-3-11(2)15-14(20)10-23(21,22)9-13-16-17-18-19(13)12-7-5-4-6-8-12/h4-8,11H,3,9-10H2,1-2H3,(H,15,20)/t11-/m1/s1. The average molecular weight is 337 g/mol. The highest BCUT2D eigenvalue weighted by atomic mass is 32.2. The average Bonchev–Trinajstić information content (AvgIpc) is 2.94. The molecule has 0 unspecified atom stereocenters. The number of carbonyl (C=O) groups is 1. The fourth-order valence-corrected chi connectivity index (χ4v) is 3.09. The summed E-state index contributed by atoms with van der Waals surface area (Å²) in [4.78, 5) is 11.8. The second-order valence-corrected chi connectivity index (χ2v) is 7.32. The van der Waals surface area contributed by atoms with Gasteiger partial charge in [0.05, 0.1) is 5.69 Å². The Kier molecular flexibility index (Phi) is 5.43. The number of hydrogen-bond acceptors (Lipinski definition) is 6. The Morgan fingerprint density at radius 3 is 2.65 bits per heavy atom. The lowest BCUT2D eigenvalue weighted by molar-refractivity contribution is -0.119. The van der Waals surface area contributed by atoms with Crippen LogP contribution in [0, 0.1) is 0 Å². The Labute approximate surface area is 134 Å². The minimum absolute atomic E-state index is 0.0626. The lowest BCUT2D eigenvalue weighted by Gasteiger charge is -2.11. The molecular weight excluding hydrogens is 318 g/mol. The molecule has 0 spiro atoms. The van der Waals surface area contributed by atoms with E-state index in [1.54, 1.807) is 24.3 Å². The molecule has 1 aromatic carbocycles. The number of amides is 1. The van der Waals surface area contributed by atoms with Crippen LogP contribution in [0.3, 0.4) is 0 Å². The van der Waals surface area contributed by atoms with Gasteiger partial charge in [-0.15, -0.1) is 5.10 Å². The lowest BCUT2D eigenvalue weighted by atomic mass is 10.3. The summed E-state index contributed by atoms with van der Waals surface area (Å²) in [6.07, 6.45) is 0.734. The normalized spacial score (nSPS) is 12.8. The Bertz CT molecular complexity index is 758. The first kappa shape index (κ1) is 17.1. The molecule has 0 bridgehead atoms. The number of para-hydroxylation sites is 1. The van der Waals surface area contributed by atoms with Crippen LogP contribution in [-0.4, -0.2) is 46.3 Å². The summed E-state index contributed by atoms with van der Waals surface area (Å²) in [6.45, 7) is 3.73. The molecule has 0 saturated carbocycles. The van der Waals surface area contributed by atoms with E-state index in [0.717, 1.165) is 6.42 Å². The number of carbonyl (C=O) groups excluding carboxylic acids is 1. The van der Waals surface area contributed by atoms with Crippen molar-refractivity contribution in [3.8, 4) is 5.69 Å². The van der Waals surface area contributed by atoms with Crippen molar-refractivity contribution in [1.82, 2.24) is 25.5 Å². The molecule has 2 aromatic rings. The van der Waals surface area contributed by atoms with Crippen molar-refractivity contribution in [3.05, 3.63) is 36.2 Å². The number of nitrogens with one attached hydrogen (secondary N) is 1. The topological polar surface area (TPSA) is 107 Å². The summed E-state index contributed by atoms with van der Waals surface area (Å²) in [5.74, 6) is -1.33. The number of tetrazole rings is 1. The third-order valence-electron chi connectivity index (χ3n) is 3.25. The van der Waals surface area contributed by atoms with Gasteiger partial charge in [-0.05, 0) is 35.9 Å². The fourth-order valence-electron chi connectivity index (χ4n) is 1.93. The van der Waals surface area contributed by atoms with Gasteiger partial charge in [-0.2, -0.15) is 4.68 Å². The number of sulfone groups is 1. The second kappa shape index (κ2) is 7.32. The van der Waals surface area contributed by atoms with E-state index in [0.29, 0.717) is 5.69 Å². The molecule has 0 fully saturated rings. The monoisotopic (exact) mass is 337 g/mol. The number of aromatic nitrogens is 4. The maximum atomic E-state index is 12.2. The van der Waals surface area contributed by atoms with Crippen LogP contribution in [0.2, 0.25) is 0 Å². The van der Waals surface area contributed by atoms with Crippen LogP contribution in [0.4, 0.5) is 0 Å². The second-order valence-electron chi connectivity index (χ2n) is 5.25. The summed E-state index contributed by atoms with van der Waals surface area (Å²) in [5, 5.41) is 13.7. The zero-order valence-corrected chi connectivity index (χ0v) is 13.8. The molecule has 23 heavy (non-hydrogen) atoms. The largest absolute Gasteiger partial charge is 0.353 e. The Hall–Kier alpha value is -2.29. The van der Waals surface area contributed by atoms with Gasteiger partial charge in [0.2, 0.25) is 5.91 Å². The minimum atomic E-state index is -3.66. The van der Waals surface area contributed by atoms with E-state index in [2.05, 4.69) is 20.8 Å². The first-order valence-corrected chi connectivity index (χ1v) is 9.06. The molecule has 1 atom stereocenters. The van der Waals surface area contributed by atoms with E-state index < -0.39 is 27.3 Å². The van der Waals surface area contributed by atoms with Crippen molar-refractivity contribution >= 4 is 15.7 Å². The molecule has 124 valence electrons. The molecule has 0 aliphatic heterocycles. The van der Waals surface area contributed by atoms with Crippen LogP contribution in [0.15, 0.2) is 30.3 Å². The predicted octanol–water partition coefficient (Wildman–Crippen LogP) is 0.492. The molecule has 2 rings (SSSR count). The molecule has 1 heterocycles. The van der Waals surface area contributed by atoms with E-state index in [9.17, 15) is 13.2 Å². The summed E-state index contributed by atoms with van der Waals surface area (Å²) in [6, 6.07) is 8.91. The molecule has 8 nitrogen and oxygen atoms in total. The van der Waals surface area contributed by atoms with Crippen LogP contribution in [0.5, 0.6) is 0 Å². The molecule has 0 radical (unpaired) electrons. The fraction of sp³-hybridized carbons (Fsp3) is 0.429. The molecule has 1 aromatic heterocycles. The van der Waals surface area contributed by atoms with E-state index in [1.807, 2.05) is 19.9 Å². The highest BCUT2D eigenvalue weighted by Gasteiger charge is 2.22. The van der Waals surface area contributed by atoms with E-state index >= 15 is 0 Å². The number of nitrogens with zero attached hydrogens (tertiary/aromatic N) is 4. The van der Waals surface area contributed by atoms with Gasteiger partial charge in [0, 0.05) is 6.04 Å². The van der Waals surface area contributed by atoms with Gasteiger partial charge in [0.15, 0.2) is 15.7 Å². The first-order valence-electron chi connectivity index (χ1n) is 7.23. The maximum Gasteiger partial charge on any atom is 0.235 e. The van der Waals surface area contributed by atoms with Crippen LogP contribution in [0.1, 0.15) is 26.1 Å². The van der Waals surface area contributed by atoms with Gasteiger partial charge in [-0.1, -0.05) is 25.1 Å². The van der Waals surface area contributed by atoms with Gasteiger partial charge in [-0.3, -0.25) is 4.79 Å². The van der Waals surface area contributed by atoms with Crippen LogP contribution in [0.25, 0.3) is 5.69 Å². The van der Waals surface area contributed by atoms with Crippen LogP contribution in [-0.2, 0) is 20.4 Å². The Morgan fingerprint density at radius 2 is 2.00 bits per heavy atom. The minimum Gasteiger partial charge on any atom is -0.353 e. The molecule has 9 heteroatoms. The zero-order valence-electron chi connectivity index (χ0n) is 13.0. The molecule has 1 amide bonds. The van der Waals surface area contributed by atoms with E-state index in [-0.39, 0.29) is 11.9 Å². The molecule has 0 aliphatic rings. The van der Waals surface area contributed by atoms with Crippen molar-refractivity contribution in [2.75, 3.05) is 5.75 Å². The molecule has 0 saturated heterocycles. The van der Waals surface area contributed by atoms with Crippen molar-refractivity contribution in [1.29, 1.82) is 0 Å². The maximum absolute atomic E-state index is 12.2. The van der Waals surface area contributed by atoms with Crippen LogP contribution >= 0.6 is 0 Å². The van der Waals surface area contributed by atoms with Gasteiger partial charge in [0.25, 0.3) is 0 Å². The number of hydrogen-bond donors (Lipinski definition) is 1. The summed E-state index contributed by atoms with van der Waals surface area (Å²) >= 11 is 0. The van der Waals surface area contributed by atoms with Crippen molar-refractivity contribution in [2.45, 2.75) is 32.1 Å². The Balaban J connectivity index is 2.10. The van der Waals surface area contributed by atoms with Gasteiger partial charge in [0.1, 0.15) is 11.5 Å². The highest BCUT2D eigenvalue weighted by Crippen LogP contribution is 2.10. The third-order valence-corrected chi connectivity index (χ3v) is 4.65. The molecular formula is C14H19N5O3S. The molecule has 0 aliphatic carbocycles. The van der Waals surface area contributed by atoms with Gasteiger partial charge >= 0.3 is 0 Å². The molecule has 1 N–H and O–H groups in total. The van der Waals surface area contributed by atoms with Crippen molar-refractivity contribution in [3.63, 3.8) is 0 Å². The third kappa shape index (κ3) is 4.85. The highest BCUT2D eigenvalue weighted by molar-refractivity contribution is 7.91. The SMILES string of the molecule is CC[C@@H](C)NC(=O)CS(=O)(=O)Cc1nnnn1-c1ccccc1. The number of benzene rings is 1.